The predicted octanol–water partition coefficient (Wildman–Crippen LogP) is 2.76. The average molecular weight is 222 g/mol. The minimum absolute atomic E-state index is 0.586. The van der Waals surface area contributed by atoms with Crippen LogP contribution in [-0.4, -0.2) is 25.2 Å². The molecule has 0 heterocycles. The molecule has 0 atom stereocenters. The van der Waals surface area contributed by atoms with E-state index < -0.39 is 7.26 Å². The summed E-state index contributed by atoms with van der Waals surface area (Å²) in [5.41, 5.74) is 0. The number of nitriles is 3. The maximum Gasteiger partial charge on any atom is 0.0722 e. The van der Waals surface area contributed by atoms with Gasteiger partial charge in [0, 0.05) is 20.3 Å². The Morgan fingerprint density at radius 3 is 1.67 bits per heavy atom. The van der Waals surface area contributed by atoms with Crippen LogP contribution in [0.15, 0.2) is 0 Å². The van der Waals surface area contributed by atoms with E-state index in [1.54, 1.807) is 0 Å². The Morgan fingerprint density at radius 1 is 0.800 bits per heavy atom. The van der Waals surface area contributed by atoms with E-state index in [1.807, 2.05) is 0 Å². The zero-order valence-corrected chi connectivity index (χ0v) is 10.1. The second-order valence-electron chi connectivity index (χ2n) is 3.87. The van der Waals surface area contributed by atoms with E-state index in [0.717, 1.165) is 24.9 Å². The molecule has 0 aromatic heterocycles. The highest BCUT2D eigenvalue weighted by molar-refractivity contribution is 7.75. The predicted molar refractivity (Wildman–Crippen MR) is 62.8 cm³/mol. The van der Waals surface area contributed by atoms with Crippen LogP contribution in [0.3, 0.4) is 0 Å². The summed E-state index contributed by atoms with van der Waals surface area (Å²) in [5, 5.41) is 25.6. The first kappa shape index (κ1) is 13.9. The summed E-state index contributed by atoms with van der Waals surface area (Å²) in [7, 11) is -1.13. The fourth-order valence-corrected chi connectivity index (χ4v) is 4.39. The van der Waals surface area contributed by atoms with Crippen LogP contribution >= 0.6 is 7.26 Å². The number of hydrogen-bond acceptors (Lipinski definition) is 3. The van der Waals surface area contributed by atoms with E-state index >= 15 is 0 Å². The smallest absolute Gasteiger partial charge is 0.0722 e. The lowest BCUT2D eigenvalue weighted by atomic mass is 10.4. The molecule has 0 bridgehead atoms. The Bertz CT molecular complexity index is 274. The molecule has 0 unspecified atom stereocenters. The van der Waals surface area contributed by atoms with Crippen LogP contribution in [-0.2, 0) is 0 Å². The van der Waals surface area contributed by atoms with Crippen molar-refractivity contribution in [1.82, 2.24) is 0 Å². The molecular formula is C11H17N3P+. The minimum Gasteiger partial charge on any atom is -0.198 e. The van der Waals surface area contributed by atoms with Crippen molar-refractivity contribution in [3.05, 3.63) is 0 Å². The molecule has 0 radical (unpaired) electrons. The summed E-state index contributed by atoms with van der Waals surface area (Å²) < 4.78 is 0. The molecule has 0 aromatic carbocycles. The molecule has 0 amide bonds. The Balaban J connectivity index is 4.10. The summed E-state index contributed by atoms with van der Waals surface area (Å²) in [6.45, 7) is 2.22. The Morgan fingerprint density at radius 2 is 1.27 bits per heavy atom. The van der Waals surface area contributed by atoms with Gasteiger partial charge in [-0.25, -0.2) is 0 Å². The van der Waals surface area contributed by atoms with Crippen molar-refractivity contribution in [2.45, 2.75) is 25.7 Å². The highest BCUT2D eigenvalue weighted by atomic mass is 31.2. The Kier molecular flexibility index (Phi) is 7.62. The number of nitrogens with zero attached hydrogens (tertiary/aromatic N) is 3. The van der Waals surface area contributed by atoms with E-state index in [-0.39, 0.29) is 0 Å². The van der Waals surface area contributed by atoms with E-state index in [1.165, 1.54) is 0 Å². The molecule has 0 aromatic rings. The number of hydrogen-bond donors (Lipinski definition) is 0. The highest BCUT2D eigenvalue weighted by Crippen LogP contribution is 2.56. The van der Waals surface area contributed by atoms with E-state index in [2.05, 4.69) is 24.9 Å². The van der Waals surface area contributed by atoms with Crippen LogP contribution in [0.2, 0.25) is 0 Å². The van der Waals surface area contributed by atoms with Gasteiger partial charge in [0.25, 0.3) is 0 Å². The summed E-state index contributed by atoms with van der Waals surface area (Å²) in [6, 6.07) is 6.48. The quantitative estimate of drug-likeness (QED) is 0.491. The van der Waals surface area contributed by atoms with Crippen molar-refractivity contribution in [1.29, 1.82) is 15.8 Å². The minimum atomic E-state index is -1.13. The van der Waals surface area contributed by atoms with E-state index in [0.29, 0.717) is 19.3 Å². The molecule has 0 aliphatic rings. The van der Waals surface area contributed by atoms with Crippen LogP contribution in [0, 0.1) is 34.0 Å². The lowest BCUT2D eigenvalue weighted by molar-refractivity contribution is 0.958. The largest absolute Gasteiger partial charge is 0.198 e. The zero-order valence-electron chi connectivity index (χ0n) is 9.24. The van der Waals surface area contributed by atoms with Crippen LogP contribution in [0.1, 0.15) is 25.7 Å². The normalized spacial score (nSPS) is 10.0. The molecule has 0 saturated heterocycles. The van der Waals surface area contributed by atoms with E-state index in [4.69, 9.17) is 15.8 Å². The Labute approximate surface area is 92.7 Å². The SMILES string of the molecule is C[P+](CCC#N)(CCC#N)CCCC#N. The number of rotatable bonds is 7. The van der Waals surface area contributed by atoms with Crippen molar-refractivity contribution in [2.24, 2.45) is 0 Å². The second kappa shape index (κ2) is 8.23. The third-order valence-corrected chi connectivity index (χ3v) is 6.52. The maximum absolute atomic E-state index is 8.58. The summed E-state index contributed by atoms with van der Waals surface area (Å²) in [6.07, 6.45) is 5.61. The molecular weight excluding hydrogens is 205 g/mol. The van der Waals surface area contributed by atoms with Gasteiger partial charge in [0.1, 0.15) is 0 Å². The van der Waals surface area contributed by atoms with Crippen molar-refractivity contribution < 1.29 is 0 Å². The molecule has 80 valence electrons. The summed E-state index contributed by atoms with van der Waals surface area (Å²) in [5.74, 6) is 0. The standard InChI is InChI=1S/C11H17N3P/c1-15(10-4-7-13,11-5-8-14)9-3-2-6-12/h2-5,9-11H2,1H3/q+1. The van der Waals surface area contributed by atoms with Crippen LogP contribution in [0.4, 0.5) is 0 Å². The molecule has 0 spiro atoms. The van der Waals surface area contributed by atoms with Gasteiger partial charge in [-0.2, -0.15) is 15.8 Å². The van der Waals surface area contributed by atoms with Crippen LogP contribution in [0.5, 0.6) is 0 Å². The maximum atomic E-state index is 8.58. The van der Waals surface area contributed by atoms with Crippen molar-refractivity contribution in [2.75, 3.05) is 25.2 Å². The molecule has 0 fully saturated rings. The monoisotopic (exact) mass is 222 g/mol. The summed E-state index contributed by atoms with van der Waals surface area (Å²) in [4.78, 5) is 0. The van der Waals surface area contributed by atoms with Gasteiger partial charge in [0.05, 0.1) is 49.5 Å². The van der Waals surface area contributed by atoms with Gasteiger partial charge < -0.3 is 0 Å². The third-order valence-electron chi connectivity index (χ3n) is 2.51. The van der Waals surface area contributed by atoms with Gasteiger partial charge in [-0.3, -0.25) is 0 Å². The molecule has 0 rings (SSSR count). The first-order valence-corrected chi connectivity index (χ1v) is 7.92. The van der Waals surface area contributed by atoms with E-state index in [9.17, 15) is 0 Å². The fraction of sp³-hybridized carbons (Fsp3) is 0.727. The lowest BCUT2D eigenvalue weighted by Gasteiger charge is -2.20. The number of unbranched alkanes of at least 4 members (excludes halogenated alkanes) is 1. The van der Waals surface area contributed by atoms with Gasteiger partial charge in [-0.1, -0.05) is 0 Å². The zero-order chi connectivity index (χ0) is 11.6. The van der Waals surface area contributed by atoms with Crippen molar-refractivity contribution in [3.8, 4) is 18.2 Å². The molecule has 4 heteroatoms. The van der Waals surface area contributed by atoms with Crippen molar-refractivity contribution >= 4 is 7.26 Å². The van der Waals surface area contributed by atoms with Gasteiger partial charge in [-0.05, 0) is 6.42 Å². The topological polar surface area (TPSA) is 71.4 Å². The first-order chi connectivity index (χ1) is 7.18. The van der Waals surface area contributed by atoms with Crippen LogP contribution < -0.4 is 0 Å². The molecule has 3 nitrogen and oxygen atoms in total. The lowest BCUT2D eigenvalue weighted by Crippen LogP contribution is -2.06. The molecule has 0 saturated carbocycles. The van der Waals surface area contributed by atoms with Gasteiger partial charge in [0.2, 0.25) is 0 Å². The molecule has 0 aliphatic carbocycles. The first-order valence-electron chi connectivity index (χ1n) is 5.13. The Hall–Kier alpha value is -1.10. The van der Waals surface area contributed by atoms with Crippen molar-refractivity contribution in [3.63, 3.8) is 0 Å². The molecule has 0 aliphatic heterocycles. The third kappa shape index (κ3) is 6.90. The van der Waals surface area contributed by atoms with Gasteiger partial charge in [0.15, 0.2) is 0 Å². The summed E-state index contributed by atoms with van der Waals surface area (Å²) >= 11 is 0. The van der Waals surface area contributed by atoms with Crippen LogP contribution in [0.25, 0.3) is 0 Å². The average Bonchev–Trinajstić information content (AvgIpc) is 2.24. The second-order valence-corrected chi connectivity index (χ2v) is 8.45. The molecule has 15 heavy (non-hydrogen) atoms. The highest BCUT2D eigenvalue weighted by Gasteiger charge is 2.29. The van der Waals surface area contributed by atoms with Gasteiger partial charge >= 0.3 is 0 Å². The van der Waals surface area contributed by atoms with Gasteiger partial charge in [-0.15, -0.1) is 0 Å². The fourth-order valence-electron chi connectivity index (χ4n) is 1.52. The molecule has 0 N–H and O–H groups in total.